The summed E-state index contributed by atoms with van der Waals surface area (Å²) < 4.78 is 42.7. The first-order valence-corrected chi connectivity index (χ1v) is 6.18. The van der Waals surface area contributed by atoms with Gasteiger partial charge in [0, 0.05) is 6.04 Å². The highest BCUT2D eigenvalue weighted by molar-refractivity contribution is 5.26. The maximum Gasteiger partial charge on any atom is 0.416 e. The van der Waals surface area contributed by atoms with Gasteiger partial charge in [0.1, 0.15) is 5.76 Å². The molecule has 0 bridgehead atoms. The predicted octanol–water partition coefficient (Wildman–Crippen LogP) is 3.85. The molecule has 20 heavy (non-hydrogen) atoms. The zero-order valence-electron chi connectivity index (χ0n) is 11.2. The van der Waals surface area contributed by atoms with Crippen molar-refractivity contribution in [3.8, 4) is 0 Å². The van der Waals surface area contributed by atoms with E-state index in [4.69, 9.17) is 4.42 Å². The van der Waals surface area contributed by atoms with E-state index in [9.17, 15) is 13.2 Å². The van der Waals surface area contributed by atoms with Gasteiger partial charge in [0.05, 0.1) is 18.3 Å². The topological polar surface area (TPSA) is 38.1 Å². The number of nitrogens with one attached hydrogen (secondary N) is 1. The van der Waals surface area contributed by atoms with Crippen LogP contribution in [0.5, 0.6) is 0 Å². The monoisotopic (exact) mass is 284 g/mol. The molecule has 1 heterocycles. The number of alkyl halides is 3. The van der Waals surface area contributed by atoms with E-state index < -0.39 is 11.7 Å². The molecule has 0 spiro atoms. The van der Waals surface area contributed by atoms with Crippen molar-refractivity contribution in [3.63, 3.8) is 0 Å². The van der Waals surface area contributed by atoms with Crippen molar-refractivity contribution in [2.45, 2.75) is 32.6 Å². The summed E-state index contributed by atoms with van der Waals surface area (Å²) in [6.45, 7) is 4.10. The molecule has 0 amide bonds. The molecular formula is C14H15F3N2O. The van der Waals surface area contributed by atoms with Crippen LogP contribution in [0.4, 0.5) is 13.2 Å². The zero-order chi connectivity index (χ0) is 14.8. The van der Waals surface area contributed by atoms with Gasteiger partial charge in [-0.3, -0.25) is 0 Å². The Labute approximate surface area is 114 Å². The molecule has 6 heteroatoms. The second-order valence-electron chi connectivity index (χ2n) is 4.59. The standard InChI is InChI=1S/C14H15F3N2O/c1-9-7-19-13(20-9)8-18-10(2)11-3-5-12(6-4-11)14(15,16)17/h3-7,10,18H,8H2,1-2H3/t10-/m1/s1. The second kappa shape index (κ2) is 5.66. The van der Waals surface area contributed by atoms with Crippen molar-refractivity contribution in [3.05, 3.63) is 53.2 Å². The molecule has 108 valence electrons. The molecule has 0 aliphatic heterocycles. The van der Waals surface area contributed by atoms with E-state index >= 15 is 0 Å². The summed E-state index contributed by atoms with van der Waals surface area (Å²) in [6, 6.07) is 5.03. The van der Waals surface area contributed by atoms with Gasteiger partial charge in [-0.25, -0.2) is 4.98 Å². The number of aryl methyl sites for hydroxylation is 1. The molecule has 2 rings (SSSR count). The van der Waals surface area contributed by atoms with Crippen molar-refractivity contribution >= 4 is 0 Å². The van der Waals surface area contributed by atoms with Gasteiger partial charge < -0.3 is 9.73 Å². The van der Waals surface area contributed by atoms with Crippen LogP contribution < -0.4 is 5.32 Å². The molecule has 1 aromatic carbocycles. The van der Waals surface area contributed by atoms with Crippen molar-refractivity contribution in [2.75, 3.05) is 0 Å². The lowest BCUT2D eigenvalue weighted by molar-refractivity contribution is -0.137. The van der Waals surface area contributed by atoms with Crippen LogP contribution in [-0.2, 0) is 12.7 Å². The Bertz CT molecular complexity index is 561. The molecule has 0 aliphatic carbocycles. The van der Waals surface area contributed by atoms with E-state index in [1.807, 2.05) is 6.92 Å². The lowest BCUT2D eigenvalue weighted by Gasteiger charge is -2.14. The Balaban J connectivity index is 1.97. The molecule has 0 unspecified atom stereocenters. The van der Waals surface area contributed by atoms with Gasteiger partial charge in [-0.2, -0.15) is 13.2 Å². The number of oxazole rings is 1. The Morgan fingerprint density at radius 3 is 2.40 bits per heavy atom. The number of nitrogens with zero attached hydrogens (tertiary/aromatic N) is 1. The predicted molar refractivity (Wildman–Crippen MR) is 67.9 cm³/mol. The van der Waals surface area contributed by atoms with Crippen molar-refractivity contribution < 1.29 is 17.6 Å². The molecule has 1 atom stereocenters. The lowest BCUT2D eigenvalue weighted by atomic mass is 10.1. The first kappa shape index (κ1) is 14.6. The summed E-state index contributed by atoms with van der Waals surface area (Å²) in [4.78, 5) is 4.05. The Kier molecular flexibility index (Phi) is 4.13. The van der Waals surface area contributed by atoms with Crippen molar-refractivity contribution in [1.82, 2.24) is 10.3 Å². The average molecular weight is 284 g/mol. The number of aromatic nitrogens is 1. The quantitative estimate of drug-likeness (QED) is 0.926. The zero-order valence-corrected chi connectivity index (χ0v) is 11.2. The van der Waals surface area contributed by atoms with Crippen LogP contribution in [0.3, 0.4) is 0 Å². The van der Waals surface area contributed by atoms with E-state index in [0.29, 0.717) is 12.4 Å². The van der Waals surface area contributed by atoms with Crippen molar-refractivity contribution in [2.24, 2.45) is 0 Å². The summed E-state index contributed by atoms with van der Waals surface area (Å²) >= 11 is 0. The van der Waals surface area contributed by atoms with E-state index in [1.165, 1.54) is 12.1 Å². The van der Waals surface area contributed by atoms with Gasteiger partial charge in [-0.1, -0.05) is 12.1 Å². The molecule has 0 fully saturated rings. The third kappa shape index (κ3) is 3.60. The Morgan fingerprint density at radius 2 is 1.90 bits per heavy atom. The van der Waals surface area contributed by atoms with Gasteiger partial charge in [-0.05, 0) is 31.5 Å². The summed E-state index contributed by atoms with van der Waals surface area (Å²) in [7, 11) is 0. The van der Waals surface area contributed by atoms with Crippen LogP contribution in [0, 0.1) is 6.92 Å². The molecule has 3 nitrogen and oxygen atoms in total. The summed E-state index contributed by atoms with van der Waals surface area (Å²) in [6.07, 6.45) is -2.68. The minimum atomic E-state index is -4.30. The van der Waals surface area contributed by atoms with Crippen LogP contribution in [0.15, 0.2) is 34.9 Å². The molecule has 0 aliphatic rings. The normalized spacial score (nSPS) is 13.4. The Morgan fingerprint density at radius 1 is 1.25 bits per heavy atom. The maximum atomic E-state index is 12.5. The van der Waals surface area contributed by atoms with Crippen LogP contribution in [0.2, 0.25) is 0 Å². The highest BCUT2D eigenvalue weighted by Crippen LogP contribution is 2.29. The van der Waals surface area contributed by atoms with Crippen LogP contribution in [-0.4, -0.2) is 4.98 Å². The number of halogens is 3. The molecular weight excluding hydrogens is 269 g/mol. The smallest absolute Gasteiger partial charge is 0.416 e. The molecule has 0 saturated heterocycles. The van der Waals surface area contributed by atoms with E-state index in [-0.39, 0.29) is 6.04 Å². The summed E-state index contributed by atoms with van der Waals surface area (Å²) in [5.41, 5.74) is 0.137. The number of hydrogen-bond acceptors (Lipinski definition) is 3. The maximum absolute atomic E-state index is 12.5. The fraction of sp³-hybridized carbons (Fsp3) is 0.357. The van der Waals surface area contributed by atoms with Gasteiger partial charge in [0.2, 0.25) is 5.89 Å². The van der Waals surface area contributed by atoms with Crippen LogP contribution in [0.25, 0.3) is 0 Å². The van der Waals surface area contributed by atoms with E-state index in [1.54, 1.807) is 13.1 Å². The largest absolute Gasteiger partial charge is 0.445 e. The van der Waals surface area contributed by atoms with E-state index in [2.05, 4.69) is 10.3 Å². The Hall–Kier alpha value is -1.82. The molecule has 0 saturated carbocycles. The highest BCUT2D eigenvalue weighted by Gasteiger charge is 2.30. The number of hydrogen-bond donors (Lipinski definition) is 1. The molecule has 2 aromatic rings. The first-order valence-electron chi connectivity index (χ1n) is 6.18. The SMILES string of the molecule is Cc1cnc(CN[C@H](C)c2ccc(C(F)(F)F)cc2)o1. The average Bonchev–Trinajstić information content (AvgIpc) is 2.81. The van der Waals surface area contributed by atoms with Crippen LogP contribution in [0.1, 0.15) is 35.7 Å². The molecule has 1 N–H and O–H groups in total. The highest BCUT2D eigenvalue weighted by atomic mass is 19.4. The first-order chi connectivity index (χ1) is 9.36. The van der Waals surface area contributed by atoms with Gasteiger partial charge in [0.15, 0.2) is 0 Å². The minimum Gasteiger partial charge on any atom is -0.445 e. The van der Waals surface area contributed by atoms with Gasteiger partial charge >= 0.3 is 6.18 Å². The molecule has 0 radical (unpaired) electrons. The third-order valence-electron chi connectivity index (χ3n) is 2.97. The molecule has 1 aromatic heterocycles. The summed E-state index contributed by atoms with van der Waals surface area (Å²) in [5, 5.41) is 3.15. The van der Waals surface area contributed by atoms with Gasteiger partial charge in [-0.15, -0.1) is 0 Å². The fourth-order valence-electron chi connectivity index (χ4n) is 1.80. The number of benzene rings is 1. The fourth-order valence-corrected chi connectivity index (χ4v) is 1.80. The van der Waals surface area contributed by atoms with Crippen LogP contribution >= 0.6 is 0 Å². The summed E-state index contributed by atoms with van der Waals surface area (Å²) in [5.74, 6) is 1.28. The number of rotatable bonds is 4. The van der Waals surface area contributed by atoms with Gasteiger partial charge in [0.25, 0.3) is 0 Å². The van der Waals surface area contributed by atoms with Crippen molar-refractivity contribution in [1.29, 1.82) is 0 Å². The van der Waals surface area contributed by atoms with E-state index in [0.717, 1.165) is 23.5 Å². The second-order valence-corrected chi connectivity index (χ2v) is 4.59. The minimum absolute atomic E-state index is 0.0931. The third-order valence-corrected chi connectivity index (χ3v) is 2.97. The lowest BCUT2D eigenvalue weighted by Crippen LogP contribution is -2.18.